The van der Waals surface area contributed by atoms with Crippen LogP contribution in [-0.4, -0.2) is 63.2 Å². The van der Waals surface area contributed by atoms with E-state index >= 15 is 0 Å². The van der Waals surface area contributed by atoms with Crippen LogP contribution in [0, 0.1) is 6.92 Å². The molecular formula is C31H37N3O6S. The number of fused-ring (bicyclic) bond motifs is 1. The highest BCUT2D eigenvalue weighted by atomic mass is 32.2. The van der Waals surface area contributed by atoms with Gasteiger partial charge in [0.25, 0.3) is 0 Å². The van der Waals surface area contributed by atoms with E-state index in [9.17, 15) is 18.0 Å². The van der Waals surface area contributed by atoms with Crippen molar-refractivity contribution in [3.8, 4) is 11.5 Å². The molecule has 0 radical (unpaired) electrons. The summed E-state index contributed by atoms with van der Waals surface area (Å²) >= 11 is 0. The van der Waals surface area contributed by atoms with Crippen LogP contribution in [0.2, 0.25) is 0 Å². The van der Waals surface area contributed by atoms with Gasteiger partial charge in [-0.15, -0.1) is 0 Å². The third-order valence-corrected chi connectivity index (χ3v) is 7.81. The van der Waals surface area contributed by atoms with E-state index in [1.54, 1.807) is 18.2 Å². The number of anilines is 1. The van der Waals surface area contributed by atoms with E-state index in [1.807, 2.05) is 75.4 Å². The average Bonchev–Trinajstić information content (AvgIpc) is 2.93. The molecule has 3 aromatic rings. The Balaban J connectivity index is 1.72. The topological polar surface area (TPSA) is 105 Å². The lowest BCUT2D eigenvalue weighted by Crippen LogP contribution is -2.54. The molecule has 0 aliphatic carbocycles. The van der Waals surface area contributed by atoms with Gasteiger partial charge in [0.2, 0.25) is 21.8 Å². The van der Waals surface area contributed by atoms with E-state index < -0.39 is 28.5 Å². The molecule has 10 heteroatoms. The molecule has 0 fully saturated rings. The summed E-state index contributed by atoms with van der Waals surface area (Å²) in [6.07, 6.45) is 1.31. The third-order valence-electron chi connectivity index (χ3n) is 6.67. The number of hydrogen-bond donors (Lipinski definition) is 1. The Morgan fingerprint density at radius 1 is 0.902 bits per heavy atom. The van der Waals surface area contributed by atoms with Crippen LogP contribution in [0.4, 0.5) is 5.69 Å². The molecule has 41 heavy (non-hydrogen) atoms. The minimum Gasteiger partial charge on any atom is -0.486 e. The SMILES string of the molecule is Cc1ccc(CN(C(=O)CN(c2ccc3c(c2)OCCO3)S(C)(=O)=O)C(Cc2ccccc2)C(=O)NC(C)C)cc1. The van der Waals surface area contributed by atoms with Crippen LogP contribution in [0.1, 0.15) is 30.5 Å². The van der Waals surface area contributed by atoms with Crippen LogP contribution in [0.5, 0.6) is 11.5 Å². The van der Waals surface area contributed by atoms with E-state index in [0.717, 1.165) is 27.3 Å². The van der Waals surface area contributed by atoms with Gasteiger partial charge in [-0.1, -0.05) is 60.2 Å². The summed E-state index contributed by atoms with van der Waals surface area (Å²) in [5, 5.41) is 2.95. The number of carbonyl (C=O) groups excluding carboxylic acids is 2. The van der Waals surface area contributed by atoms with Crippen LogP contribution in [-0.2, 0) is 32.6 Å². The van der Waals surface area contributed by atoms with Crippen molar-refractivity contribution >= 4 is 27.5 Å². The van der Waals surface area contributed by atoms with E-state index in [-0.39, 0.29) is 30.6 Å². The lowest BCUT2D eigenvalue weighted by Gasteiger charge is -2.34. The van der Waals surface area contributed by atoms with E-state index in [2.05, 4.69) is 5.32 Å². The summed E-state index contributed by atoms with van der Waals surface area (Å²) < 4.78 is 38.3. The van der Waals surface area contributed by atoms with Crippen molar-refractivity contribution in [1.29, 1.82) is 0 Å². The molecule has 4 rings (SSSR count). The fourth-order valence-electron chi connectivity index (χ4n) is 4.63. The van der Waals surface area contributed by atoms with Gasteiger partial charge < -0.3 is 19.7 Å². The first-order valence-corrected chi connectivity index (χ1v) is 15.4. The number of sulfonamides is 1. The van der Waals surface area contributed by atoms with Gasteiger partial charge in [0.15, 0.2) is 11.5 Å². The highest BCUT2D eigenvalue weighted by Gasteiger charge is 2.33. The zero-order valence-electron chi connectivity index (χ0n) is 23.9. The Morgan fingerprint density at radius 2 is 1.56 bits per heavy atom. The Bertz CT molecular complexity index is 1460. The monoisotopic (exact) mass is 579 g/mol. The first-order valence-electron chi connectivity index (χ1n) is 13.6. The molecule has 1 aliphatic heterocycles. The molecule has 218 valence electrons. The fraction of sp³-hybridized carbons (Fsp3) is 0.355. The zero-order chi connectivity index (χ0) is 29.6. The van der Waals surface area contributed by atoms with Crippen molar-refractivity contribution in [2.45, 2.75) is 45.8 Å². The van der Waals surface area contributed by atoms with Crippen LogP contribution >= 0.6 is 0 Å². The number of rotatable bonds is 11. The third kappa shape index (κ3) is 8.00. The first kappa shape index (κ1) is 29.9. The van der Waals surface area contributed by atoms with E-state index in [1.165, 1.54) is 4.90 Å². The van der Waals surface area contributed by atoms with Gasteiger partial charge in [-0.05, 0) is 44.0 Å². The minimum absolute atomic E-state index is 0.126. The van der Waals surface area contributed by atoms with Crippen molar-refractivity contribution in [1.82, 2.24) is 10.2 Å². The number of amides is 2. The van der Waals surface area contributed by atoms with Gasteiger partial charge in [0.1, 0.15) is 25.8 Å². The summed E-state index contributed by atoms with van der Waals surface area (Å²) in [6.45, 7) is 6.05. The van der Waals surface area contributed by atoms with Crippen molar-refractivity contribution in [2.24, 2.45) is 0 Å². The van der Waals surface area contributed by atoms with Gasteiger partial charge >= 0.3 is 0 Å². The number of nitrogens with one attached hydrogen (secondary N) is 1. The zero-order valence-corrected chi connectivity index (χ0v) is 24.7. The quantitative estimate of drug-likeness (QED) is 0.372. The number of aryl methyl sites for hydroxylation is 1. The predicted molar refractivity (Wildman–Crippen MR) is 159 cm³/mol. The number of ether oxygens (including phenoxy) is 2. The maximum atomic E-state index is 14.1. The van der Waals surface area contributed by atoms with Gasteiger partial charge in [-0.25, -0.2) is 8.42 Å². The summed E-state index contributed by atoms with van der Waals surface area (Å²) in [5.41, 5.74) is 3.04. The van der Waals surface area contributed by atoms with Crippen LogP contribution < -0.4 is 19.1 Å². The van der Waals surface area contributed by atoms with E-state index in [0.29, 0.717) is 24.7 Å². The van der Waals surface area contributed by atoms with Crippen molar-refractivity contribution in [3.05, 3.63) is 89.5 Å². The summed E-state index contributed by atoms with van der Waals surface area (Å²) in [6, 6.07) is 20.9. The fourth-order valence-corrected chi connectivity index (χ4v) is 5.47. The second-order valence-corrected chi connectivity index (χ2v) is 12.4. The average molecular weight is 580 g/mol. The molecule has 0 spiro atoms. The Morgan fingerprint density at radius 3 is 2.20 bits per heavy atom. The highest BCUT2D eigenvalue weighted by Crippen LogP contribution is 2.34. The lowest BCUT2D eigenvalue weighted by molar-refractivity contribution is -0.140. The summed E-state index contributed by atoms with van der Waals surface area (Å²) in [5.74, 6) is 0.0963. The second-order valence-electron chi connectivity index (χ2n) is 10.5. The second kappa shape index (κ2) is 13.1. The molecule has 1 unspecified atom stereocenters. The predicted octanol–water partition coefficient (Wildman–Crippen LogP) is 3.70. The van der Waals surface area contributed by atoms with Gasteiger partial charge in [-0.2, -0.15) is 0 Å². The van der Waals surface area contributed by atoms with Crippen LogP contribution in [0.15, 0.2) is 72.8 Å². The number of benzene rings is 3. The molecule has 0 saturated heterocycles. The Kier molecular flexibility index (Phi) is 9.54. The normalized spacial score (nSPS) is 13.4. The van der Waals surface area contributed by atoms with Crippen LogP contribution in [0.25, 0.3) is 0 Å². The molecule has 0 bridgehead atoms. The maximum absolute atomic E-state index is 14.1. The lowest BCUT2D eigenvalue weighted by atomic mass is 10.0. The molecule has 1 N–H and O–H groups in total. The number of hydrogen-bond acceptors (Lipinski definition) is 6. The Hall–Kier alpha value is -4.05. The smallest absolute Gasteiger partial charge is 0.244 e. The summed E-state index contributed by atoms with van der Waals surface area (Å²) in [7, 11) is -3.89. The molecule has 0 saturated carbocycles. The van der Waals surface area contributed by atoms with Gasteiger partial charge in [0.05, 0.1) is 11.9 Å². The summed E-state index contributed by atoms with van der Waals surface area (Å²) in [4.78, 5) is 29.2. The molecule has 9 nitrogen and oxygen atoms in total. The number of nitrogens with zero attached hydrogens (tertiary/aromatic N) is 2. The van der Waals surface area contributed by atoms with Crippen molar-refractivity contribution < 1.29 is 27.5 Å². The molecule has 2 amide bonds. The molecule has 0 aromatic heterocycles. The van der Waals surface area contributed by atoms with Crippen molar-refractivity contribution in [3.63, 3.8) is 0 Å². The molecular weight excluding hydrogens is 542 g/mol. The number of carbonyl (C=O) groups is 2. The maximum Gasteiger partial charge on any atom is 0.244 e. The molecule has 1 atom stereocenters. The van der Waals surface area contributed by atoms with Crippen molar-refractivity contribution in [2.75, 3.05) is 30.3 Å². The van der Waals surface area contributed by atoms with Gasteiger partial charge in [-0.3, -0.25) is 13.9 Å². The largest absolute Gasteiger partial charge is 0.486 e. The standard InChI is InChI=1S/C31H37N3O6S/c1-22(2)32-31(36)27(18-24-8-6-5-7-9-24)33(20-25-12-10-23(3)11-13-25)30(35)21-34(41(4,37)38)26-14-15-28-29(19-26)40-17-16-39-28/h5-15,19,22,27H,16-18,20-21H2,1-4H3,(H,32,36). The molecule has 1 heterocycles. The first-order chi connectivity index (χ1) is 19.5. The van der Waals surface area contributed by atoms with Gasteiger partial charge in [0, 0.05) is 25.1 Å². The highest BCUT2D eigenvalue weighted by molar-refractivity contribution is 7.92. The minimum atomic E-state index is -3.89. The van der Waals surface area contributed by atoms with E-state index in [4.69, 9.17) is 9.47 Å². The molecule has 1 aliphatic rings. The molecule has 3 aromatic carbocycles. The Labute approximate surface area is 242 Å². The van der Waals surface area contributed by atoms with Crippen LogP contribution in [0.3, 0.4) is 0 Å².